The molecule has 0 spiro atoms. The molecule has 0 atom stereocenters. The Bertz CT molecular complexity index is 326. The van der Waals surface area contributed by atoms with Gasteiger partial charge in [-0.05, 0) is 26.0 Å². The molecule has 1 rings (SSSR count). The van der Waals surface area contributed by atoms with Gasteiger partial charge in [0.1, 0.15) is 5.75 Å². The summed E-state index contributed by atoms with van der Waals surface area (Å²) in [5.74, 6) is 0.686. The molecule has 0 aliphatic carbocycles. The highest BCUT2D eigenvalue weighted by Crippen LogP contribution is 2.28. The van der Waals surface area contributed by atoms with Crippen LogP contribution in [0.4, 0.5) is 11.4 Å². The molecule has 4 nitrogen and oxygen atoms in total. The molecule has 0 heterocycles. The minimum Gasteiger partial charge on any atom is -0.489 e. The fourth-order valence-corrected chi connectivity index (χ4v) is 1.18. The lowest BCUT2D eigenvalue weighted by Gasteiger charge is -2.18. The van der Waals surface area contributed by atoms with Crippen LogP contribution in [0.1, 0.15) is 13.8 Å². The van der Waals surface area contributed by atoms with Crippen molar-refractivity contribution in [3.63, 3.8) is 0 Å². The van der Waals surface area contributed by atoms with Gasteiger partial charge in [-0.25, -0.2) is 0 Å². The van der Waals surface area contributed by atoms with E-state index >= 15 is 0 Å². The van der Waals surface area contributed by atoms with E-state index in [0.717, 1.165) is 5.69 Å². The third-order valence-corrected chi connectivity index (χ3v) is 2.00. The van der Waals surface area contributed by atoms with E-state index < -0.39 is 0 Å². The van der Waals surface area contributed by atoms with Crippen LogP contribution in [0.15, 0.2) is 18.2 Å². The molecule has 0 saturated carbocycles. The fourth-order valence-electron chi connectivity index (χ4n) is 1.18. The van der Waals surface area contributed by atoms with Crippen LogP contribution in [0, 0.1) is 0 Å². The SMILES string of the molecule is CON(C)c1ccc(N)c(OC(C)C)c1. The molecule has 0 unspecified atom stereocenters. The second kappa shape index (κ2) is 4.89. The van der Waals surface area contributed by atoms with Crippen molar-refractivity contribution in [1.82, 2.24) is 0 Å². The number of ether oxygens (including phenoxy) is 1. The second-order valence-electron chi connectivity index (χ2n) is 3.57. The van der Waals surface area contributed by atoms with Crippen LogP contribution in [0.25, 0.3) is 0 Å². The maximum absolute atomic E-state index is 5.80. The summed E-state index contributed by atoms with van der Waals surface area (Å²) in [6, 6.07) is 5.55. The van der Waals surface area contributed by atoms with Crippen molar-refractivity contribution < 1.29 is 9.57 Å². The number of benzene rings is 1. The van der Waals surface area contributed by atoms with Gasteiger partial charge in [-0.2, -0.15) is 0 Å². The number of hydroxylamine groups is 1. The summed E-state index contributed by atoms with van der Waals surface area (Å²) < 4.78 is 5.57. The van der Waals surface area contributed by atoms with E-state index in [-0.39, 0.29) is 6.10 Å². The first-order valence-electron chi connectivity index (χ1n) is 4.88. The largest absolute Gasteiger partial charge is 0.489 e. The van der Waals surface area contributed by atoms with E-state index in [9.17, 15) is 0 Å². The predicted octanol–water partition coefficient (Wildman–Crippen LogP) is 2.05. The zero-order valence-corrected chi connectivity index (χ0v) is 9.65. The molecule has 2 N–H and O–H groups in total. The summed E-state index contributed by atoms with van der Waals surface area (Å²) in [4.78, 5) is 5.07. The quantitative estimate of drug-likeness (QED) is 0.610. The van der Waals surface area contributed by atoms with E-state index in [1.165, 1.54) is 0 Å². The van der Waals surface area contributed by atoms with Gasteiger partial charge in [0.2, 0.25) is 0 Å². The Labute approximate surface area is 90.5 Å². The first-order chi connectivity index (χ1) is 7.04. The van der Waals surface area contributed by atoms with Crippen LogP contribution in [0.2, 0.25) is 0 Å². The number of nitrogens with zero attached hydrogens (tertiary/aromatic N) is 1. The summed E-state index contributed by atoms with van der Waals surface area (Å²) in [6.07, 6.45) is 0.107. The Kier molecular flexibility index (Phi) is 3.80. The van der Waals surface area contributed by atoms with Crippen molar-refractivity contribution >= 4 is 11.4 Å². The number of rotatable bonds is 4. The molecule has 0 aromatic heterocycles. The monoisotopic (exact) mass is 210 g/mol. The maximum atomic E-state index is 5.80. The van der Waals surface area contributed by atoms with Crippen molar-refractivity contribution in [2.24, 2.45) is 0 Å². The lowest BCUT2D eigenvalue weighted by atomic mass is 10.2. The highest BCUT2D eigenvalue weighted by Gasteiger charge is 2.06. The fraction of sp³-hybridized carbons (Fsp3) is 0.455. The molecule has 4 heteroatoms. The van der Waals surface area contributed by atoms with Gasteiger partial charge < -0.3 is 10.5 Å². The van der Waals surface area contributed by atoms with Gasteiger partial charge in [0.15, 0.2) is 0 Å². The zero-order chi connectivity index (χ0) is 11.4. The molecule has 0 bridgehead atoms. The first-order valence-corrected chi connectivity index (χ1v) is 4.88. The van der Waals surface area contributed by atoms with Gasteiger partial charge in [-0.1, -0.05) is 0 Å². The van der Waals surface area contributed by atoms with Crippen molar-refractivity contribution in [3.8, 4) is 5.75 Å². The normalized spacial score (nSPS) is 10.5. The minimum atomic E-state index is 0.107. The predicted molar refractivity (Wildman–Crippen MR) is 62.0 cm³/mol. The topological polar surface area (TPSA) is 47.7 Å². The third-order valence-electron chi connectivity index (χ3n) is 2.00. The average Bonchev–Trinajstić information content (AvgIpc) is 2.19. The minimum absolute atomic E-state index is 0.107. The lowest BCUT2D eigenvalue weighted by molar-refractivity contribution is 0.184. The van der Waals surface area contributed by atoms with Crippen LogP contribution in [0.5, 0.6) is 5.75 Å². The molecule has 15 heavy (non-hydrogen) atoms. The number of hydrogen-bond acceptors (Lipinski definition) is 4. The van der Waals surface area contributed by atoms with E-state index in [1.807, 2.05) is 39.1 Å². The maximum Gasteiger partial charge on any atom is 0.144 e. The van der Waals surface area contributed by atoms with Gasteiger partial charge in [0.25, 0.3) is 0 Å². The summed E-state index contributed by atoms with van der Waals surface area (Å²) in [5, 5.41) is 1.65. The van der Waals surface area contributed by atoms with Gasteiger partial charge >= 0.3 is 0 Å². The number of anilines is 2. The second-order valence-corrected chi connectivity index (χ2v) is 3.57. The van der Waals surface area contributed by atoms with Crippen molar-refractivity contribution in [1.29, 1.82) is 0 Å². The number of nitrogens with two attached hydrogens (primary N) is 1. The van der Waals surface area contributed by atoms with Crippen LogP contribution >= 0.6 is 0 Å². The molecule has 0 aliphatic heterocycles. The lowest BCUT2D eigenvalue weighted by Crippen LogP contribution is -2.15. The molecule has 84 valence electrons. The molecular weight excluding hydrogens is 192 g/mol. The first kappa shape index (κ1) is 11.7. The Hall–Kier alpha value is -1.42. The van der Waals surface area contributed by atoms with Crippen molar-refractivity contribution in [2.45, 2.75) is 20.0 Å². The summed E-state index contributed by atoms with van der Waals surface area (Å²) >= 11 is 0. The molecule has 0 saturated heterocycles. The molecule has 1 aromatic carbocycles. The Balaban J connectivity index is 2.94. The Morgan fingerprint density at radius 3 is 2.53 bits per heavy atom. The number of nitrogen functional groups attached to an aromatic ring is 1. The van der Waals surface area contributed by atoms with Crippen LogP contribution in [0.3, 0.4) is 0 Å². The van der Waals surface area contributed by atoms with Crippen LogP contribution in [-0.2, 0) is 4.84 Å². The van der Waals surface area contributed by atoms with Crippen LogP contribution in [-0.4, -0.2) is 20.3 Å². The van der Waals surface area contributed by atoms with E-state index in [4.69, 9.17) is 15.3 Å². The van der Waals surface area contributed by atoms with Gasteiger partial charge in [-0.15, -0.1) is 0 Å². The molecule has 0 fully saturated rings. The summed E-state index contributed by atoms with van der Waals surface area (Å²) in [6.45, 7) is 3.93. The van der Waals surface area contributed by atoms with Crippen molar-refractivity contribution in [2.75, 3.05) is 25.0 Å². The zero-order valence-electron chi connectivity index (χ0n) is 9.65. The smallest absolute Gasteiger partial charge is 0.144 e. The molecule has 1 aromatic rings. The van der Waals surface area contributed by atoms with Crippen molar-refractivity contribution in [3.05, 3.63) is 18.2 Å². The molecular formula is C11H18N2O2. The standard InChI is InChI=1S/C11H18N2O2/c1-8(2)15-11-7-9(13(3)14-4)5-6-10(11)12/h5-8H,12H2,1-4H3. The average molecular weight is 210 g/mol. The van der Waals surface area contributed by atoms with Gasteiger partial charge in [0.05, 0.1) is 24.6 Å². The number of hydrogen-bond donors (Lipinski definition) is 1. The van der Waals surface area contributed by atoms with E-state index in [1.54, 1.807) is 12.2 Å². The van der Waals surface area contributed by atoms with Gasteiger partial charge in [-0.3, -0.25) is 9.90 Å². The Morgan fingerprint density at radius 2 is 2.00 bits per heavy atom. The third kappa shape index (κ3) is 3.02. The molecule has 0 radical (unpaired) electrons. The van der Waals surface area contributed by atoms with E-state index in [2.05, 4.69) is 0 Å². The van der Waals surface area contributed by atoms with Gasteiger partial charge in [0, 0.05) is 13.1 Å². The molecule has 0 amide bonds. The Morgan fingerprint density at radius 1 is 1.33 bits per heavy atom. The van der Waals surface area contributed by atoms with Crippen LogP contribution < -0.4 is 15.5 Å². The highest BCUT2D eigenvalue weighted by atomic mass is 16.7. The summed E-state index contributed by atoms with van der Waals surface area (Å²) in [7, 11) is 3.43. The van der Waals surface area contributed by atoms with E-state index in [0.29, 0.717) is 11.4 Å². The molecule has 0 aliphatic rings. The highest BCUT2D eigenvalue weighted by molar-refractivity contribution is 5.61. The summed E-state index contributed by atoms with van der Waals surface area (Å²) in [5.41, 5.74) is 7.34.